The molecule has 170 valence electrons. The Hall–Kier alpha value is -1.47. The number of aliphatic hydroxyl groups excluding tert-OH is 2. The van der Waals surface area contributed by atoms with Crippen LogP contribution >= 0.6 is 11.3 Å². The minimum atomic E-state index is -0.674. The summed E-state index contributed by atoms with van der Waals surface area (Å²) in [5, 5.41) is 25.2. The third-order valence-corrected chi connectivity index (χ3v) is 8.16. The van der Waals surface area contributed by atoms with Gasteiger partial charge in [0.05, 0.1) is 18.4 Å². The Morgan fingerprint density at radius 1 is 1.13 bits per heavy atom. The van der Waals surface area contributed by atoms with Crippen molar-refractivity contribution in [2.45, 2.75) is 76.4 Å². The van der Waals surface area contributed by atoms with Gasteiger partial charge in [-0.1, -0.05) is 39.8 Å². The van der Waals surface area contributed by atoms with Crippen molar-refractivity contribution in [3.8, 4) is 11.3 Å². The van der Waals surface area contributed by atoms with Gasteiger partial charge in [0, 0.05) is 36.6 Å². The van der Waals surface area contributed by atoms with Crippen LogP contribution in [0.3, 0.4) is 0 Å². The summed E-state index contributed by atoms with van der Waals surface area (Å²) >= 11 is 1.73. The molecule has 4 rings (SSSR count). The maximum absolute atomic E-state index is 9.53. The molecule has 1 aromatic heterocycles. The zero-order valence-corrected chi connectivity index (χ0v) is 20.1. The van der Waals surface area contributed by atoms with Crippen molar-refractivity contribution < 1.29 is 10.2 Å². The average molecular weight is 444 g/mol. The molecule has 31 heavy (non-hydrogen) atoms. The molecule has 3 N–H and O–H groups in total. The van der Waals surface area contributed by atoms with Crippen molar-refractivity contribution >= 4 is 16.5 Å². The molecule has 0 bridgehead atoms. The van der Waals surface area contributed by atoms with Crippen LogP contribution in [0.5, 0.6) is 0 Å². The van der Waals surface area contributed by atoms with Gasteiger partial charge in [0.2, 0.25) is 0 Å². The van der Waals surface area contributed by atoms with Gasteiger partial charge in [0.15, 0.2) is 5.13 Å². The summed E-state index contributed by atoms with van der Waals surface area (Å²) in [4.78, 5) is 7.38. The number of aliphatic hydroxyl groups is 2. The number of aromatic nitrogens is 1. The van der Waals surface area contributed by atoms with Crippen LogP contribution in [-0.4, -0.2) is 53.6 Å². The molecule has 6 heteroatoms. The van der Waals surface area contributed by atoms with Crippen LogP contribution in [0.1, 0.15) is 64.5 Å². The number of fused-ring (bicyclic) bond motifs is 1. The summed E-state index contributed by atoms with van der Waals surface area (Å²) < 4.78 is 0. The van der Waals surface area contributed by atoms with Crippen LogP contribution in [0.4, 0.5) is 5.13 Å². The number of nitrogens with one attached hydrogen (secondary N) is 1. The van der Waals surface area contributed by atoms with Crippen LogP contribution in [0.2, 0.25) is 0 Å². The van der Waals surface area contributed by atoms with E-state index in [4.69, 9.17) is 10.1 Å². The fourth-order valence-electron chi connectivity index (χ4n) is 4.93. The Morgan fingerprint density at radius 2 is 1.81 bits per heavy atom. The highest BCUT2D eigenvalue weighted by Gasteiger charge is 2.37. The minimum absolute atomic E-state index is 0.189. The maximum Gasteiger partial charge on any atom is 0.185 e. The van der Waals surface area contributed by atoms with E-state index in [0.717, 1.165) is 36.8 Å². The fraction of sp³-hybridized carbons (Fsp3) is 0.640. The molecule has 2 heterocycles. The second-order valence-electron chi connectivity index (χ2n) is 10.5. The van der Waals surface area contributed by atoms with E-state index in [1.54, 1.807) is 11.3 Å². The molecule has 5 nitrogen and oxygen atoms in total. The summed E-state index contributed by atoms with van der Waals surface area (Å²) in [5.74, 6) is 0. The van der Waals surface area contributed by atoms with E-state index >= 15 is 0 Å². The number of nitrogens with zero attached hydrogens (tertiary/aromatic N) is 2. The van der Waals surface area contributed by atoms with Crippen molar-refractivity contribution in [3.63, 3.8) is 0 Å². The topological polar surface area (TPSA) is 68.6 Å². The predicted molar refractivity (Wildman–Crippen MR) is 129 cm³/mol. The third kappa shape index (κ3) is 4.82. The quantitative estimate of drug-likeness (QED) is 0.628. The van der Waals surface area contributed by atoms with E-state index in [0.29, 0.717) is 12.6 Å². The van der Waals surface area contributed by atoms with Gasteiger partial charge in [-0.3, -0.25) is 0 Å². The highest BCUT2D eigenvalue weighted by Crippen LogP contribution is 2.46. The van der Waals surface area contributed by atoms with E-state index in [1.807, 2.05) is 0 Å². The Morgan fingerprint density at radius 3 is 2.48 bits per heavy atom. The first-order chi connectivity index (χ1) is 14.7. The van der Waals surface area contributed by atoms with Crippen LogP contribution < -0.4 is 10.2 Å². The lowest BCUT2D eigenvalue weighted by Crippen LogP contribution is -2.45. The standard InChI is InChI=1S/C25H37N3O2S/c1-24(2)9-10-25(3,4)21-13-17(5-6-20(21)24)22-16-31-23(27-22)28-11-7-18(8-12-28)26-14-19(30)15-29/h5-6,13,16,18-19,26,29-30H,7-12,14-15H2,1-4H3/t19-/m0/s1. The molecule has 1 atom stereocenters. The van der Waals surface area contributed by atoms with E-state index in [1.165, 1.54) is 29.5 Å². The molecule has 0 unspecified atom stereocenters. The molecule has 1 saturated heterocycles. The summed E-state index contributed by atoms with van der Waals surface area (Å²) in [7, 11) is 0. The Labute approximate surface area is 190 Å². The lowest BCUT2D eigenvalue weighted by atomic mass is 9.63. The lowest BCUT2D eigenvalue weighted by molar-refractivity contribution is 0.0909. The van der Waals surface area contributed by atoms with E-state index in [2.05, 4.69) is 61.5 Å². The number of piperidine rings is 1. The van der Waals surface area contributed by atoms with Gasteiger partial charge in [-0.25, -0.2) is 4.98 Å². The predicted octanol–water partition coefficient (Wildman–Crippen LogP) is 4.07. The smallest absolute Gasteiger partial charge is 0.185 e. The number of anilines is 1. The number of hydrogen-bond donors (Lipinski definition) is 3. The van der Waals surface area contributed by atoms with Gasteiger partial charge >= 0.3 is 0 Å². The fourth-order valence-corrected chi connectivity index (χ4v) is 5.82. The van der Waals surface area contributed by atoms with E-state index < -0.39 is 6.10 Å². The molecule has 1 aromatic carbocycles. The largest absolute Gasteiger partial charge is 0.394 e. The first kappa shape index (κ1) is 22.7. The molecule has 1 aliphatic heterocycles. The molecule has 0 spiro atoms. The number of rotatable bonds is 6. The first-order valence-electron chi connectivity index (χ1n) is 11.6. The zero-order valence-electron chi connectivity index (χ0n) is 19.3. The molecule has 1 aliphatic carbocycles. The van der Waals surface area contributed by atoms with Crippen molar-refractivity contribution in [2.75, 3.05) is 31.1 Å². The molecular weight excluding hydrogens is 406 g/mol. The number of hydrogen-bond acceptors (Lipinski definition) is 6. The molecule has 2 aromatic rings. The normalized spacial score (nSPS) is 21.7. The first-order valence-corrected chi connectivity index (χ1v) is 12.5. The molecular formula is C25H37N3O2S. The third-order valence-electron chi connectivity index (χ3n) is 7.26. The van der Waals surface area contributed by atoms with Crippen LogP contribution in [0.25, 0.3) is 11.3 Å². The van der Waals surface area contributed by atoms with Crippen LogP contribution in [0, 0.1) is 0 Å². The van der Waals surface area contributed by atoms with Crippen molar-refractivity contribution in [3.05, 3.63) is 34.7 Å². The highest BCUT2D eigenvalue weighted by molar-refractivity contribution is 7.14. The van der Waals surface area contributed by atoms with Gasteiger partial charge in [0.1, 0.15) is 0 Å². The lowest BCUT2D eigenvalue weighted by Gasteiger charge is -2.42. The molecule has 2 aliphatic rings. The second-order valence-corrected chi connectivity index (χ2v) is 11.4. The van der Waals surface area contributed by atoms with E-state index in [-0.39, 0.29) is 17.4 Å². The monoisotopic (exact) mass is 443 g/mol. The summed E-state index contributed by atoms with van der Waals surface area (Å²) in [6.45, 7) is 11.7. The average Bonchev–Trinajstić information content (AvgIpc) is 3.26. The van der Waals surface area contributed by atoms with Crippen molar-refractivity contribution in [1.29, 1.82) is 0 Å². The molecule has 1 fully saturated rings. The van der Waals surface area contributed by atoms with Crippen LogP contribution in [-0.2, 0) is 10.8 Å². The highest BCUT2D eigenvalue weighted by atomic mass is 32.1. The van der Waals surface area contributed by atoms with Gasteiger partial charge in [-0.2, -0.15) is 0 Å². The van der Waals surface area contributed by atoms with Gasteiger partial charge in [-0.15, -0.1) is 11.3 Å². The Bertz CT molecular complexity index is 900. The number of thiazole rings is 1. The summed E-state index contributed by atoms with van der Waals surface area (Å²) in [6.07, 6.45) is 3.82. The molecule has 0 saturated carbocycles. The van der Waals surface area contributed by atoms with Gasteiger partial charge < -0.3 is 20.4 Å². The van der Waals surface area contributed by atoms with E-state index in [9.17, 15) is 5.11 Å². The van der Waals surface area contributed by atoms with Gasteiger partial charge in [-0.05, 0) is 53.7 Å². The Kier molecular flexibility index (Phi) is 6.46. The van der Waals surface area contributed by atoms with Crippen molar-refractivity contribution in [2.24, 2.45) is 0 Å². The van der Waals surface area contributed by atoms with Crippen LogP contribution in [0.15, 0.2) is 23.6 Å². The minimum Gasteiger partial charge on any atom is -0.394 e. The summed E-state index contributed by atoms with van der Waals surface area (Å²) in [5.41, 5.74) is 5.71. The Balaban J connectivity index is 1.45. The SMILES string of the molecule is CC1(C)CCC(C)(C)c2cc(-c3csc(N4CCC(NC[C@H](O)CO)CC4)n3)ccc21. The molecule has 0 amide bonds. The maximum atomic E-state index is 9.53. The number of benzene rings is 1. The molecule has 0 radical (unpaired) electrons. The zero-order chi connectivity index (χ0) is 22.2. The van der Waals surface area contributed by atoms with Crippen molar-refractivity contribution in [1.82, 2.24) is 10.3 Å². The summed E-state index contributed by atoms with van der Waals surface area (Å²) in [6, 6.07) is 7.37. The second kappa shape index (κ2) is 8.81. The van der Waals surface area contributed by atoms with Gasteiger partial charge in [0.25, 0.3) is 0 Å².